The minimum Gasteiger partial charge on any atom is -0.461 e. The van der Waals surface area contributed by atoms with Gasteiger partial charge in [-0.3, -0.25) is 0 Å². The molecule has 1 aromatic rings. The molecule has 2 rings (SSSR count). The fourth-order valence-electron chi connectivity index (χ4n) is 2.77. The van der Waals surface area contributed by atoms with Gasteiger partial charge in [-0.2, -0.15) is 4.94 Å². The zero-order chi connectivity index (χ0) is 16.8. The lowest BCUT2D eigenvalue weighted by atomic mass is 9.92. The number of rotatable bonds is 7. The van der Waals surface area contributed by atoms with Crippen LogP contribution in [0.3, 0.4) is 0 Å². The number of hydrogen-bond acceptors (Lipinski definition) is 6. The summed E-state index contributed by atoms with van der Waals surface area (Å²) in [6.45, 7) is 2.13. The normalized spacial score (nSPS) is 27.6. The van der Waals surface area contributed by atoms with Crippen molar-refractivity contribution in [1.82, 2.24) is 4.98 Å². The van der Waals surface area contributed by atoms with Gasteiger partial charge in [-0.05, 0) is 25.7 Å². The third-order valence-electron chi connectivity index (χ3n) is 3.85. The Kier molecular flexibility index (Phi) is 7.93. The SMILES string of the molecule is CCOC(=O)c1csc(SCCC2[C@H](Cl)C[C@@H](O)[C@@H]2/C=[CH]\[Al])n1. The summed E-state index contributed by atoms with van der Waals surface area (Å²) in [5.74, 6) is 0.862. The molecule has 4 nitrogen and oxygen atoms in total. The van der Waals surface area contributed by atoms with Crippen molar-refractivity contribution in [3.05, 3.63) is 22.1 Å². The lowest BCUT2D eigenvalue weighted by molar-refractivity contribution is 0.0520. The number of halogens is 1. The maximum atomic E-state index is 11.6. The van der Waals surface area contributed by atoms with Gasteiger partial charge in [0.1, 0.15) is 0 Å². The Morgan fingerprint density at radius 1 is 1.70 bits per heavy atom. The summed E-state index contributed by atoms with van der Waals surface area (Å²) in [4.78, 5) is 17.8. The summed E-state index contributed by atoms with van der Waals surface area (Å²) in [6.07, 6.45) is 3.21. The van der Waals surface area contributed by atoms with Crippen molar-refractivity contribution in [3.8, 4) is 0 Å². The summed E-state index contributed by atoms with van der Waals surface area (Å²) in [5.41, 5.74) is 0.370. The fourth-order valence-corrected chi connectivity index (χ4v) is 5.41. The number of esters is 1. The molecule has 1 saturated carbocycles. The van der Waals surface area contributed by atoms with E-state index in [1.165, 1.54) is 11.3 Å². The van der Waals surface area contributed by atoms with Gasteiger partial charge in [-0.1, -0.05) is 11.8 Å². The molecular weight excluding hydrogens is 369 g/mol. The van der Waals surface area contributed by atoms with E-state index >= 15 is 0 Å². The second-order valence-electron chi connectivity index (χ2n) is 5.30. The molecule has 1 aliphatic carbocycles. The molecule has 0 bridgehead atoms. The minimum atomic E-state index is -0.374. The molecule has 23 heavy (non-hydrogen) atoms. The molecule has 4 atom stereocenters. The van der Waals surface area contributed by atoms with Crippen LogP contribution in [-0.2, 0) is 4.74 Å². The molecule has 1 aliphatic rings. The molecule has 0 aromatic carbocycles. The van der Waals surface area contributed by atoms with E-state index < -0.39 is 0 Å². The molecule has 1 fully saturated rings. The summed E-state index contributed by atoms with van der Waals surface area (Å²) >= 11 is 12.0. The van der Waals surface area contributed by atoms with Crippen molar-refractivity contribution in [1.29, 1.82) is 0 Å². The average Bonchev–Trinajstić information content (AvgIpc) is 3.08. The topological polar surface area (TPSA) is 59.4 Å². The zero-order valence-corrected chi connectivity index (χ0v) is 16.4. The van der Waals surface area contributed by atoms with Gasteiger partial charge in [0.25, 0.3) is 0 Å². The highest BCUT2D eigenvalue weighted by molar-refractivity contribution is 8.01. The number of aliphatic hydroxyl groups is 1. The number of aromatic nitrogens is 1. The highest BCUT2D eigenvalue weighted by atomic mass is 35.5. The second kappa shape index (κ2) is 9.45. The quantitative estimate of drug-likeness (QED) is 0.337. The van der Waals surface area contributed by atoms with Crippen molar-refractivity contribution < 1.29 is 14.6 Å². The molecular formula is C15H19AlClNO3S2. The number of carbonyl (C=O) groups excluding carboxylic acids is 1. The Bertz CT molecular complexity index is 555. The van der Waals surface area contributed by atoms with Gasteiger partial charge in [-0.15, -0.1) is 29.0 Å². The number of nitrogens with zero attached hydrogens (tertiary/aromatic N) is 1. The first kappa shape index (κ1) is 19.3. The van der Waals surface area contributed by atoms with E-state index in [-0.39, 0.29) is 29.3 Å². The number of thiazole rings is 1. The first-order valence-electron chi connectivity index (χ1n) is 7.52. The molecule has 0 saturated heterocycles. The largest absolute Gasteiger partial charge is 0.461 e. The summed E-state index contributed by atoms with van der Waals surface area (Å²) in [5, 5.41) is 11.8. The lowest BCUT2D eigenvalue weighted by Crippen LogP contribution is -2.19. The Morgan fingerprint density at radius 2 is 2.48 bits per heavy atom. The van der Waals surface area contributed by atoms with Crippen LogP contribution in [0.2, 0.25) is 0 Å². The van der Waals surface area contributed by atoms with Crippen molar-refractivity contribution in [2.75, 3.05) is 12.4 Å². The maximum Gasteiger partial charge on any atom is 0.357 e. The van der Waals surface area contributed by atoms with E-state index in [9.17, 15) is 9.90 Å². The van der Waals surface area contributed by atoms with Gasteiger partial charge in [0, 0.05) is 22.4 Å². The molecule has 1 unspecified atom stereocenters. The van der Waals surface area contributed by atoms with Crippen LogP contribution in [-0.4, -0.2) is 56.2 Å². The number of ether oxygens (including phenoxy) is 1. The molecule has 2 radical (unpaired) electrons. The number of aliphatic hydroxyl groups excluding tert-OH is 1. The van der Waals surface area contributed by atoms with Crippen molar-refractivity contribution in [2.24, 2.45) is 11.8 Å². The van der Waals surface area contributed by atoms with E-state index in [1.807, 2.05) is 11.0 Å². The van der Waals surface area contributed by atoms with E-state index in [4.69, 9.17) is 16.3 Å². The third kappa shape index (κ3) is 5.22. The highest BCUT2D eigenvalue weighted by Gasteiger charge is 2.39. The van der Waals surface area contributed by atoms with E-state index in [0.717, 1.165) is 16.5 Å². The summed E-state index contributed by atoms with van der Waals surface area (Å²) < 4.78 is 5.79. The van der Waals surface area contributed by atoms with Crippen molar-refractivity contribution >= 4 is 57.0 Å². The predicted octanol–water partition coefficient (Wildman–Crippen LogP) is 3.09. The van der Waals surface area contributed by atoms with Crippen LogP contribution in [0.25, 0.3) is 0 Å². The maximum absolute atomic E-state index is 11.6. The molecule has 0 amide bonds. The first-order valence-corrected chi connectivity index (χ1v) is 10.5. The van der Waals surface area contributed by atoms with E-state index in [0.29, 0.717) is 18.7 Å². The molecule has 1 heterocycles. The second-order valence-corrected chi connectivity index (χ2v) is 8.45. The monoisotopic (exact) mass is 387 g/mol. The highest BCUT2D eigenvalue weighted by Crippen LogP contribution is 2.40. The Morgan fingerprint density at radius 3 is 3.17 bits per heavy atom. The molecule has 1 N–H and O–H groups in total. The Hall–Kier alpha value is -0.0275. The smallest absolute Gasteiger partial charge is 0.357 e. The minimum absolute atomic E-state index is 0.00295. The van der Waals surface area contributed by atoms with Crippen LogP contribution in [0.15, 0.2) is 20.7 Å². The molecule has 0 spiro atoms. The van der Waals surface area contributed by atoms with Crippen LogP contribution < -0.4 is 0 Å². The molecule has 0 aliphatic heterocycles. The van der Waals surface area contributed by atoms with Crippen LogP contribution in [0.4, 0.5) is 0 Å². The van der Waals surface area contributed by atoms with Gasteiger partial charge >= 0.3 is 5.97 Å². The van der Waals surface area contributed by atoms with Crippen LogP contribution in [0.5, 0.6) is 0 Å². The zero-order valence-electron chi connectivity index (χ0n) is 12.9. The van der Waals surface area contributed by atoms with Gasteiger partial charge in [-0.25, -0.2) is 9.78 Å². The fraction of sp³-hybridized carbons (Fsp3) is 0.600. The number of hydrogen-bond donors (Lipinski definition) is 1. The van der Waals surface area contributed by atoms with Crippen LogP contribution in [0.1, 0.15) is 30.3 Å². The van der Waals surface area contributed by atoms with Gasteiger partial charge < -0.3 is 9.84 Å². The standard InChI is InChI=1S/C15H19ClNO3S2.Al/c1-3-9-10(11(16)7-13(9)18)5-6-21-15-17-12(8-22-15)14(19)20-4-2;/h1,3,8-11,13,18H,4-7H2,2H3;/t9-,10?,11-,13-;/m1./s1. The Labute approximate surface area is 158 Å². The van der Waals surface area contributed by atoms with Gasteiger partial charge in [0.15, 0.2) is 26.3 Å². The van der Waals surface area contributed by atoms with Gasteiger partial charge in [0.05, 0.1) is 12.7 Å². The number of alkyl halides is 1. The summed E-state index contributed by atoms with van der Waals surface area (Å²) in [6, 6.07) is 0. The number of thioether (sulfide) groups is 1. The van der Waals surface area contributed by atoms with E-state index in [2.05, 4.69) is 21.3 Å². The molecule has 1 aromatic heterocycles. The third-order valence-corrected chi connectivity index (χ3v) is 6.63. The van der Waals surface area contributed by atoms with Crippen LogP contribution in [0, 0.1) is 11.8 Å². The Balaban J connectivity index is 1.86. The first-order chi connectivity index (χ1) is 11.1. The van der Waals surface area contributed by atoms with E-state index in [1.54, 1.807) is 24.1 Å². The average molecular weight is 388 g/mol. The molecule has 124 valence electrons. The lowest BCUT2D eigenvalue weighted by Gasteiger charge is -2.20. The van der Waals surface area contributed by atoms with Crippen LogP contribution >= 0.6 is 34.7 Å². The van der Waals surface area contributed by atoms with Gasteiger partial charge in [0.2, 0.25) is 0 Å². The number of carbonyl (C=O) groups is 1. The van der Waals surface area contributed by atoms with Crippen molar-refractivity contribution in [3.63, 3.8) is 0 Å². The summed E-state index contributed by atoms with van der Waals surface area (Å²) in [7, 11) is 0. The predicted molar refractivity (Wildman–Crippen MR) is 95.6 cm³/mol. The van der Waals surface area contributed by atoms with Crippen molar-refractivity contribution in [2.45, 2.75) is 35.6 Å². The molecule has 8 heteroatoms.